The maximum Gasteiger partial charge on any atom is 0.410 e. The number of nitrogens with zero attached hydrogens (tertiary/aromatic N) is 3. The lowest BCUT2D eigenvalue weighted by Gasteiger charge is -2.26. The molecule has 0 unspecified atom stereocenters. The molecular formula is C37H38ClF4N3O4. The summed E-state index contributed by atoms with van der Waals surface area (Å²) in [5.41, 5.74) is 2.35. The lowest BCUT2D eigenvalue weighted by Crippen LogP contribution is -2.39. The van der Waals surface area contributed by atoms with Crippen molar-refractivity contribution in [1.82, 2.24) is 14.8 Å². The van der Waals surface area contributed by atoms with Gasteiger partial charge in [-0.25, -0.2) is 14.2 Å². The Morgan fingerprint density at radius 1 is 1.04 bits per heavy atom. The molecule has 1 aliphatic carbocycles. The Balaban J connectivity index is 1.64. The molecule has 0 spiro atoms. The second kappa shape index (κ2) is 15.7. The zero-order valence-electron chi connectivity index (χ0n) is 27.9. The number of halogens is 5. The molecule has 0 N–H and O–H groups in total. The number of carbonyl (C=O) groups excluding carboxylic acids is 2. The van der Waals surface area contributed by atoms with E-state index in [1.807, 2.05) is 30.3 Å². The van der Waals surface area contributed by atoms with E-state index in [9.17, 15) is 27.2 Å². The number of benzene rings is 2. The number of aromatic nitrogens is 1. The number of hydrogen-bond acceptors (Lipinski definition) is 5. The minimum absolute atomic E-state index is 0.00866. The molecule has 0 fully saturated rings. The first-order valence-corrected chi connectivity index (χ1v) is 15.9. The second-order valence-corrected chi connectivity index (χ2v) is 13.0. The van der Waals surface area contributed by atoms with Crippen LogP contribution in [0.25, 0.3) is 17.2 Å². The molecule has 0 saturated carbocycles. The summed E-state index contributed by atoms with van der Waals surface area (Å²) in [6.07, 6.45) is 0.0313. The Morgan fingerprint density at radius 3 is 2.39 bits per heavy atom. The summed E-state index contributed by atoms with van der Waals surface area (Å²) in [5.74, 6) is -0.734. The minimum Gasteiger partial charge on any atom is -0.476 e. The molecule has 49 heavy (non-hydrogen) atoms. The number of carbonyl (C=O) groups is 2. The van der Waals surface area contributed by atoms with E-state index in [1.165, 1.54) is 34.2 Å². The van der Waals surface area contributed by atoms with E-state index in [0.29, 0.717) is 17.6 Å². The van der Waals surface area contributed by atoms with Gasteiger partial charge < -0.3 is 19.3 Å². The lowest BCUT2D eigenvalue weighted by atomic mass is 9.87. The highest BCUT2D eigenvalue weighted by atomic mass is 35.5. The Kier molecular flexibility index (Phi) is 11.9. The molecule has 0 atom stereocenters. The normalized spacial score (nSPS) is 13.5. The minimum atomic E-state index is -4.60. The van der Waals surface area contributed by atoms with Crippen LogP contribution in [0.3, 0.4) is 0 Å². The average molecular weight is 700 g/mol. The predicted molar refractivity (Wildman–Crippen MR) is 182 cm³/mol. The highest BCUT2D eigenvalue weighted by molar-refractivity contribution is 6.32. The van der Waals surface area contributed by atoms with E-state index in [1.54, 1.807) is 47.0 Å². The Labute approximate surface area is 288 Å². The number of ether oxygens (including phenoxy) is 2. The van der Waals surface area contributed by atoms with Gasteiger partial charge in [-0.2, -0.15) is 13.2 Å². The van der Waals surface area contributed by atoms with Gasteiger partial charge in [0.15, 0.2) is 0 Å². The van der Waals surface area contributed by atoms with Crippen LogP contribution in [0.5, 0.6) is 5.88 Å². The summed E-state index contributed by atoms with van der Waals surface area (Å²) in [6, 6.07) is 14.0. The quantitative estimate of drug-likeness (QED) is 0.148. The van der Waals surface area contributed by atoms with Crippen molar-refractivity contribution in [1.29, 1.82) is 0 Å². The smallest absolute Gasteiger partial charge is 0.410 e. The molecule has 1 heterocycles. The van der Waals surface area contributed by atoms with E-state index in [0.717, 1.165) is 23.3 Å². The lowest BCUT2D eigenvalue weighted by molar-refractivity contribution is -0.124. The van der Waals surface area contributed by atoms with Crippen molar-refractivity contribution in [2.24, 2.45) is 0 Å². The monoisotopic (exact) mass is 699 g/mol. The largest absolute Gasteiger partial charge is 0.476 e. The standard InChI is InChI=1S/C37H38ClF4N3O4/c1-36(2,3)49-35(47)45(16-8-11-33(46)44(4)5)17-18-48-32-15-12-26(23-43-32)34(27-19-24-9-6-7-10-25(24)20-27)30(22-37(40,41)42)29-14-13-28(39)21-31(29)38/h6-15,19,21,23H,16-18,20,22H2,1-5H3/b11-8+,34-30+. The Bertz CT molecular complexity index is 1760. The molecule has 0 aliphatic heterocycles. The van der Waals surface area contributed by atoms with Gasteiger partial charge in [0, 0.05) is 44.5 Å². The first kappa shape index (κ1) is 37.2. The van der Waals surface area contributed by atoms with Gasteiger partial charge in [-0.1, -0.05) is 54.1 Å². The molecule has 7 nitrogen and oxygen atoms in total. The molecule has 2 amide bonds. The second-order valence-electron chi connectivity index (χ2n) is 12.6. The summed E-state index contributed by atoms with van der Waals surface area (Å²) < 4.78 is 67.7. The molecule has 0 bridgehead atoms. The van der Waals surface area contributed by atoms with Crippen LogP contribution in [0.1, 0.15) is 49.4 Å². The van der Waals surface area contributed by atoms with E-state index in [2.05, 4.69) is 4.98 Å². The molecule has 0 radical (unpaired) electrons. The third-order valence-corrected chi connectivity index (χ3v) is 7.65. The third kappa shape index (κ3) is 10.7. The van der Waals surface area contributed by atoms with Crippen LogP contribution in [-0.4, -0.2) is 72.4 Å². The van der Waals surface area contributed by atoms with Crippen LogP contribution in [0, 0.1) is 5.82 Å². The molecule has 2 aromatic carbocycles. The highest BCUT2D eigenvalue weighted by Crippen LogP contribution is 2.44. The summed E-state index contributed by atoms with van der Waals surface area (Å²) >= 11 is 6.35. The van der Waals surface area contributed by atoms with Gasteiger partial charge in [-0.3, -0.25) is 4.79 Å². The number of alkyl halides is 3. The number of likely N-dealkylation sites (N-methyl/N-ethyl adjacent to an activating group) is 1. The molecular weight excluding hydrogens is 662 g/mol. The maximum atomic E-state index is 14.1. The van der Waals surface area contributed by atoms with Gasteiger partial charge in [-0.05, 0) is 78.8 Å². The molecule has 3 aromatic rings. The highest BCUT2D eigenvalue weighted by Gasteiger charge is 2.33. The predicted octanol–water partition coefficient (Wildman–Crippen LogP) is 8.64. The summed E-state index contributed by atoms with van der Waals surface area (Å²) in [6.45, 7) is 5.41. The SMILES string of the molecule is CN(C)C(=O)/C=C/CN(CCOc1ccc(/C(C2=Cc3ccccc3C2)=C(/CC(F)(F)F)c2ccc(F)cc2Cl)cn1)C(=O)OC(C)(C)C. The molecule has 0 saturated heterocycles. The van der Waals surface area contributed by atoms with Crippen LogP contribution in [-0.2, 0) is 16.0 Å². The number of hydrogen-bond donors (Lipinski definition) is 0. The Morgan fingerprint density at radius 2 is 1.78 bits per heavy atom. The van der Waals surface area contributed by atoms with E-state index < -0.39 is 30.1 Å². The fraction of sp³-hybridized carbons (Fsp3) is 0.324. The first-order valence-electron chi connectivity index (χ1n) is 15.5. The third-order valence-electron chi connectivity index (χ3n) is 7.34. The van der Waals surface area contributed by atoms with Crippen molar-refractivity contribution in [3.05, 3.63) is 112 Å². The van der Waals surface area contributed by atoms with Crippen molar-refractivity contribution >= 4 is 40.8 Å². The molecule has 1 aromatic heterocycles. The van der Waals surface area contributed by atoms with Gasteiger partial charge >= 0.3 is 12.3 Å². The van der Waals surface area contributed by atoms with Gasteiger partial charge in [0.1, 0.15) is 18.0 Å². The van der Waals surface area contributed by atoms with Crippen LogP contribution in [0.2, 0.25) is 5.02 Å². The zero-order valence-corrected chi connectivity index (χ0v) is 28.7. The summed E-state index contributed by atoms with van der Waals surface area (Å²) in [5, 5.41) is -0.142. The van der Waals surface area contributed by atoms with Crippen LogP contribution in [0.4, 0.5) is 22.4 Å². The average Bonchev–Trinajstić information content (AvgIpc) is 3.43. The molecule has 12 heteroatoms. The van der Waals surface area contributed by atoms with E-state index in [4.69, 9.17) is 21.1 Å². The first-order chi connectivity index (χ1) is 23.0. The van der Waals surface area contributed by atoms with Crippen molar-refractivity contribution in [2.75, 3.05) is 33.8 Å². The fourth-order valence-electron chi connectivity index (χ4n) is 5.13. The van der Waals surface area contributed by atoms with Gasteiger partial charge in [0.05, 0.1) is 18.0 Å². The van der Waals surface area contributed by atoms with Crippen molar-refractivity contribution in [3.8, 4) is 5.88 Å². The van der Waals surface area contributed by atoms with Gasteiger partial charge in [0.2, 0.25) is 11.8 Å². The number of amides is 2. The fourth-order valence-corrected chi connectivity index (χ4v) is 5.42. The van der Waals surface area contributed by atoms with E-state index >= 15 is 0 Å². The van der Waals surface area contributed by atoms with Crippen LogP contribution >= 0.6 is 11.6 Å². The number of fused-ring (bicyclic) bond motifs is 1. The number of pyridine rings is 1. The van der Waals surface area contributed by atoms with Crippen LogP contribution < -0.4 is 4.74 Å². The van der Waals surface area contributed by atoms with Gasteiger partial charge in [0.25, 0.3) is 0 Å². The number of allylic oxidation sites excluding steroid dienone is 3. The van der Waals surface area contributed by atoms with Crippen molar-refractivity contribution in [2.45, 2.75) is 45.4 Å². The maximum absolute atomic E-state index is 14.1. The molecule has 260 valence electrons. The molecule has 1 aliphatic rings. The molecule has 4 rings (SSSR count). The Hall–Kier alpha value is -4.64. The van der Waals surface area contributed by atoms with Gasteiger partial charge in [-0.15, -0.1) is 0 Å². The zero-order chi connectivity index (χ0) is 35.9. The summed E-state index contributed by atoms with van der Waals surface area (Å²) in [4.78, 5) is 31.9. The van der Waals surface area contributed by atoms with E-state index in [-0.39, 0.29) is 53.2 Å². The number of rotatable bonds is 11. The van der Waals surface area contributed by atoms with Crippen molar-refractivity contribution in [3.63, 3.8) is 0 Å². The topological polar surface area (TPSA) is 72.0 Å². The van der Waals surface area contributed by atoms with Crippen LogP contribution in [0.15, 0.2) is 78.5 Å². The summed E-state index contributed by atoms with van der Waals surface area (Å²) in [7, 11) is 3.23. The van der Waals surface area contributed by atoms with Crippen molar-refractivity contribution < 1.29 is 36.6 Å².